The summed E-state index contributed by atoms with van der Waals surface area (Å²) in [5, 5.41) is 3.46. The minimum atomic E-state index is -3.57. The van der Waals surface area contributed by atoms with Gasteiger partial charge < -0.3 is 10.1 Å². The molecule has 0 saturated heterocycles. The second kappa shape index (κ2) is 11.6. The SMILES string of the molecule is CCCCCCNS(=O)(=O)c1ccc(NC(=O)C(C)Oc2ccc(Cl)cc2Cl)cc1. The van der Waals surface area contributed by atoms with E-state index in [1.54, 1.807) is 19.1 Å². The topological polar surface area (TPSA) is 84.5 Å². The van der Waals surface area contributed by atoms with Crippen LogP contribution in [0.1, 0.15) is 39.5 Å². The molecule has 0 aliphatic carbocycles. The van der Waals surface area contributed by atoms with Gasteiger partial charge in [-0.05, 0) is 55.8 Å². The molecule has 1 amide bonds. The van der Waals surface area contributed by atoms with Gasteiger partial charge in [0, 0.05) is 17.3 Å². The Morgan fingerprint density at radius 1 is 1.07 bits per heavy atom. The van der Waals surface area contributed by atoms with E-state index in [2.05, 4.69) is 17.0 Å². The Morgan fingerprint density at radius 2 is 1.77 bits per heavy atom. The average molecular weight is 473 g/mol. The third-order valence-electron chi connectivity index (χ3n) is 4.32. The Morgan fingerprint density at radius 3 is 2.40 bits per heavy atom. The standard InChI is InChI=1S/C21H26Cl2N2O4S/c1-3-4-5-6-13-24-30(27,28)18-10-8-17(9-11-18)25-21(26)15(2)29-20-12-7-16(22)14-19(20)23/h7-12,14-15,24H,3-6,13H2,1-2H3,(H,25,26). The van der Waals surface area contributed by atoms with Gasteiger partial charge in [0.15, 0.2) is 6.10 Å². The number of unbranched alkanes of at least 4 members (excludes halogenated alkanes) is 3. The highest BCUT2D eigenvalue weighted by Gasteiger charge is 2.18. The molecular formula is C21H26Cl2N2O4S. The predicted molar refractivity (Wildman–Crippen MR) is 121 cm³/mol. The molecule has 2 aromatic rings. The molecule has 0 radical (unpaired) electrons. The van der Waals surface area contributed by atoms with Crippen molar-refractivity contribution in [2.75, 3.05) is 11.9 Å². The van der Waals surface area contributed by atoms with Crippen molar-refractivity contribution in [3.63, 3.8) is 0 Å². The van der Waals surface area contributed by atoms with Gasteiger partial charge in [0.1, 0.15) is 5.75 Å². The van der Waals surface area contributed by atoms with E-state index in [4.69, 9.17) is 27.9 Å². The maximum atomic E-state index is 12.4. The number of sulfonamides is 1. The van der Waals surface area contributed by atoms with Gasteiger partial charge in [-0.3, -0.25) is 4.79 Å². The summed E-state index contributed by atoms with van der Waals surface area (Å²) < 4.78 is 32.8. The highest BCUT2D eigenvalue weighted by Crippen LogP contribution is 2.28. The number of hydrogen-bond acceptors (Lipinski definition) is 4. The molecule has 0 heterocycles. The maximum Gasteiger partial charge on any atom is 0.265 e. The molecule has 2 aromatic carbocycles. The summed E-state index contributed by atoms with van der Waals surface area (Å²) >= 11 is 11.9. The van der Waals surface area contributed by atoms with Gasteiger partial charge in [-0.25, -0.2) is 13.1 Å². The van der Waals surface area contributed by atoms with E-state index in [-0.39, 0.29) is 4.90 Å². The van der Waals surface area contributed by atoms with Crippen LogP contribution in [0.5, 0.6) is 5.75 Å². The normalized spacial score (nSPS) is 12.4. The number of nitrogens with one attached hydrogen (secondary N) is 2. The lowest BCUT2D eigenvalue weighted by molar-refractivity contribution is -0.122. The number of benzene rings is 2. The summed E-state index contributed by atoms with van der Waals surface area (Å²) in [6.45, 7) is 4.09. The number of hydrogen-bond donors (Lipinski definition) is 2. The first-order chi connectivity index (χ1) is 14.2. The molecule has 0 aliphatic heterocycles. The van der Waals surface area contributed by atoms with Crippen LogP contribution < -0.4 is 14.8 Å². The van der Waals surface area contributed by atoms with Gasteiger partial charge in [-0.15, -0.1) is 0 Å². The van der Waals surface area contributed by atoms with Crippen molar-refractivity contribution in [2.24, 2.45) is 0 Å². The molecule has 2 rings (SSSR count). The van der Waals surface area contributed by atoms with Crippen molar-refractivity contribution < 1.29 is 17.9 Å². The van der Waals surface area contributed by atoms with Crippen LogP contribution in [-0.4, -0.2) is 27.0 Å². The lowest BCUT2D eigenvalue weighted by Gasteiger charge is -2.16. The van der Waals surface area contributed by atoms with Gasteiger partial charge >= 0.3 is 0 Å². The molecule has 2 N–H and O–H groups in total. The second-order valence-electron chi connectivity index (χ2n) is 6.81. The number of ether oxygens (including phenoxy) is 1. The molecule has 6 nitrogen and oxygen atoms in total. The van der Waals surface area contributed by atoms with Gasteiger partial charge in [-0.2, -0.15) is 0 Å². The van der Waals surface area contributed by atoms with E-state index in [1.165, 1.54) is 30.3 Å². The molecule has 1 unspecified atom stereocenters. The number of halogens is 2. The zero-order valence-corrected chi connectivity index (χ0v) is 19.3. The molecule has 0 bridgehead atoms. The van der Waals surface area contributed by atoms with E-state index in [1.807, 2.05) is 0 Å². The molecular weight excluding hydrogens is 447 g/mol. The Hall–Kier alpha value is -1.80. The fourth-order valence-electron chi connectivity index (χ4n) is 2.62. The number of amides is 1. The van der Waals surface area contributed by atoms with Crippen LogP contribution in [0, 0.1) is 0 Å². The molecule has 9 heteroatoms. The first kappa shape index (κ1) is 24.5. The van der Waals surface area contributed by atoms with Crippen LogP contribution in [0.2, 0.25) is 10.0 Å². The molecule has 0 aromatic heterocycles. The smallest absolute Gasteiger partial charge is 0.265 e. The Labute approximate surface area is 188 Å². The van der Waals surface area contributed by atoms with Gasteiger partial charge in [0.25, 0.3) is 5.91 Å². The van der Waals surface area contributed by atoms with Crippen LogP contribution in [0.3, 0.4) is 0 Å². The van der Waals surface area contributed by atoms with E-state index >= 15 is 0 Å². The second-order valence-corrected chi connectivity index (χ2v) is 9.42. The third-order valence-corrected chi connectivity index (χ3v) is 6.33. The third kappa shape index (κ3) is 7.47. The fourth-order valence-corrected chi connectivity index (χ4v) is 4.14. The predicted octanol–water partition coefficient (Wildman–Crippen LogP) is 5.26. The summed E-state index contributed by atoms with van der Waals surface area (Å²) in [6.07, 6.45) is 3.15. The van der Waals surface area contributed by atoms with Crippen LogP contribution in [-0.2, 0) is 14.8 Å². The first-order valence-electron chi connectivity index (χ1n) is 9.75. The molecule has 164 valence electrons. The van der Waals surface area contributed by atoms with E-state index in [0.717, 1.165) is 25.7 Å². The van der Waals surface area contributed by atoms with Gasteiger partial charge in [-0.1, -0.05) is 49.4 Å². The van der Waals surface area contributed by atoms with Crippen molar-refractivity contribution in [3.05, 3.63) is 52.5 Å². The van der Waals surface area contributed by atoms with Crippen LogP contribution >= 0.6 is 23.2 Å². The molecule has 30 heavy (non-hydrogen) atoms. The molecule has 1 atom stereocenters. The van der Waals surface area contributed by atoms with Crippen molar-refractivity contribution in [1.29, 1.82) is 0 Å². The van der Waals surface area contributed by atoms with Crippen LogP contribution in [0.4, 0.5) is 5.69 Å². The minimum absolute atomic E-state index is 0.147. The highest BCUT2D eigenvalue weighted by molar-refractivity contribution is 7.89. The lowest BCUT2D eigenvalue weighted by atomic mass is 10.2. The number of carbonyl (C=O) groups excluding carboxylic acids is 1. The molecule has 0 fully saturated rings. The zero-order valence-electron chi connectivity index (χ0n) is 17.0. The maximum absolute atomic E-state index is 12.4. The van der Waals surface area contributed by atoms with E-state index in [9.17, 15) is 13.2 Å². The number of anilines is 1. The number of carbonyl (C=O) groups is 1. The van der Waals surface area contributed by atoms with Gasteiger partial charge in [0.05, 0.1) is 9.92 Å². The van der Waals surface area contributed by atoms with Crippen molar-refractivity contribution in [3.8, 4) is 5.75 Å². The fraction of sp³-hybridized carbons (Fsp3) is 0.381. The quantitative estimate of drug-likeness (QED) is 0.436. The van der Waals surface area contributed by atoms with Crippen molar-refractivity contribution in [2.45, 2.75) is 50.5 Å². The average Bonchev–Trinajstić information content (AvgIpc) is 2.70. The molecule has 0 spiro atoms. The van der Waals surface area contributed by atoms with Crippen LogP contribution in [0.15, 0.2) is 47.4 Å². The van der Waals surface area contributed by atoms with E-state index in [0.29, 0.717) is 28.0 Å². The van der Waals surface area contributed by atoms with Crippen molar-refractivity contribution in [1.82, 2.24) is 4.72 Å². The Kier molecular flexibility index (Phi) is 9.42. The molecule has 0 saturated carbocycles. The molecule has 0 aliphatic rings. The number of rotatable bonds is 11. The zero-order chi connectivity index (χ0) is 22.1. The van der Waals surface area contributed by atoms with Gasteiger partial charge in [0.2, 0.25) is 10.0 Å². The van der Waals surface area contributed by atoms with E-state index < -0.39 is 22.0 Å². The highest BCUT2D eigenvalue weighted by atomic mass is 35.5. The summed E-state index contributed by atoms with van der Waals surface area (Å²) in [6, 6.07) is 10.7. The monoisotopic (exact) mass is 472 g/mol. The largest absolute Gasteiger partial charge is 0.479 e. The minimum Gasteiger partial charge on any atom is -0.479 e. The summed E-state index contributed by atoms with van der Waals surface area (Å²) in [5.74, 6) is -0.0548. The summed E-state index contributed by atoms with van der Waals surface area (Å²) in [5.41, 5.74) is 0.458. The van der Waals surface area contributed by atoms with Crippen LogP contribution in [0.25, 0.3) is 0 Å². The summed E-state index contributed by atoms with van der Waals surface area (Å²) in [7, 11) is -3.57. The first-order valence-corrected chi connectivity index (χ1v) is 12.0. The lowest BCUT2D eigenvalue weighted by Crippen LogP contribution is -2.30. The van der Waals surface area contributed by atoms with Crippen molar-refractivity contribution >= 4 is 44.8 Å². The Bertz CT molecular complexity index is 950. The summed E-state index contributed by atoms with van der Waals surface area (Å²) in [4.78, 5) is 12.5. The Balaban J connectivity index is 1.91.